The second-order valence-corrected chi connectivity index (χ2v) is 7.44. The SMILES string of the molecule is Cc1nc(-c2ccc(CCNC(=O)C3CCCN3)s2)cs1.Cl. The number of halogens is 1. The maximum absolute atomic E-state index is 11.9. The van der Waals surface area contributed by atoms with Gasteiger partial charge in [0, 0.05) is 16.8 Å². The summed E-state index contributed by atoms with van der Waals surface area (Å²) >= 11 is 3.44. The molecule has 1 atom stereocenters. The van der Waals surface area contributed by atoms with Crippen molar-refractivity contribution in [2.75, 3.05) is 13.1 Å². The quantitative estimate of drug-likeness (QED) is 0.864. The number of amides is 1. The zero-order chi connectivity index (χ0) is 14.7. The first-order valence-corrected chi connectivity index (χ1v) is 8.94. The van der Waals surface area contributed by atoms with Crippen LogP contribution in [0.2, 0.25) is 0 Å². The number of hydrogen-bond acceptors (Lipinski definition) is 5. The molecule has 0 radical (unpaired) electrons. The van der Waals surface area contributed by atoms with Crippen LogP contribution in [0.1, 0.15) is 22.7 Å². The number of rotatable bonds is 5. The molecule has 2 aromatic rings. The molecule has 0 aromatic carbocycles. The molecule has 3 heterocycles. The van der Waals surface area contributed by atoms with E-state index in [1.165, 1.54) is 9.75 Å². The number of carbonyl (C=O) groups is 1. The van der Waals surface area contributed by atoms with Crippen molar-refractivity contribution < 1.29 is 4.79 Å². The van der Waals surface area contributed by atoms with Gasteiger partial charge in [-0.15, -0.1) is 35.1 Å². The van der Waals surface area contributed by atoms with Crippen LogP contribution in [0.25, 0.3) is 10.6 Å². The average Bonchev–Trinajstić information content (AvgIpc) is 3.19. The second kappa shape index (κ2) is 8.06. The van der Waals surface area contributed by atoms with Gasteiger partial charge in [-0.1, -0.05) is 0 Å². The van der Waals surface area contributed by atoms with Crippen LogP contribution < -0.4 is 10.6 Å². The van der Waals surface area contributed by atoms with Crippen LogP contribution in [0.15, 0.2) is 17.5 Å². The van der Waals surface area contributed by atoms with Crippen LogP contribution in [0.4, 0.5) is 0 Å². The van der Waals surface area contributed by atoms with E-state index in [0.29, 0.717) is 6.54 Å². The minimum absolute atomic E-state index is 0. The van der Waals surface area contributed by atoms with Crippen molar-refractivity contribution in [2.24, 2.45) is 0 Å². The fourth-order valence-electron chi connectivity index (χ4n) is 2.47. The van der Waals surface area contributed by atoms with Crippen LogP contribution in [0.5, 0.6) is 0 Å². The van der Waals surface area contributed by atoms with Crippen molar-refractivity contribution in [1.29, 1.82) is 0 Å². The van der Waals surface area contributed by atoms with Crippen LogP contribution in [0.3, 0.4) is 0 Å². The van der Waals surface area contributed by atoms with Gasteiger partial charge >= 0.3 is 0 Å². The van der Waals surface area contributed by atoms with Gasteiger partial charge < -0.3 is 10.6 Å². The van der Waals surface area contributed by atoms with Crippen molar-refractivity contribution in [3.63, 3.8) is 0 Å². The number of aryl methyl sites for hydroxylation is 1. The maximum Gasteiger partial charge on any atom is 0.237 e. The van der Waals surface area contributed by atoms with E-state index in [-0.39, 0.29) is 24.4 Å². The summed E-state index contributed by atoms with van der Waals surface area (Å²) in [5.74, 6) is 0.138. The second-order valence-electron chi connectivity index (χ2n) is 5.21. The number of aromatic nitrogens is 1. The van der Waals surface area contributed by atoms with Gasteiger partial charge in [0.1, 0.15) is 0 Å². The molecular weight excluding hydrogens is 338 g/mol. The first-order chi connectivity index (χ1) is 10.2. The monoisotopic (exact) mass is 357 g/mol. The Balaban J connectivity index is 0.00000176. The third kappa shape index (κ3) is 4.29. The number of carbonyl (C=O) groups excluding carboxylic acids is 1. The fraction of sp³-hybridized carbons (Fsp3) is 0.467. The van der Waals surface area contributed by atoms with Gasteiger partial charge in [0.25, 0.3) is 0 Å². The molecule has 0 aliphatic carbocycles. The number of nitrogens with one attached hydrogen (secondary N) is 2. The van der Waals surface area contributed by atoms with Crippen LogP contribution in [0, 0.1) is 6.92 Å². The molecule has 1 aliphatic heterocycles. The number of thiazole rings is 1. The Kier molecular flexibility index (Phi) is 6.37. The largest absolute Gasteiger partial charge is 0.354 e. The normalized spacial score (nSPS) is 17.2. The Labute approximate surface area is 144 Å². The van der Waals surface area contributed by atoms with E-state index in [2.05, 4.69) is 33.1 Å². The molecular formula is C15H20ClN3OS2. The van der Waals surface area contributed by atoms with E-state index >= 15 is 0 Å². The van der Waals surface area contributed by atoms with Crippen molar-refractivity contribution in [3.8, 4) is 10.6 Å². The van der Waals surface area contributed by atoms with Crippen LogP contribution >= 0.6 is 35.1 Å². The van der Waals surface area contributed by atoms with Crippen molar-refractivity contribution in [3.05, 3.63) is 27.4 Å². The number of nitrogens with zero attached hydrogens (tertiary/aromatic N) is 1. The lowest BCUT2D eigenvalue weighted by molar-refractivity contribution is -0.122. The summed E-state index contributed by atoms with van der Waals surface area (Å²) in [6.45, 7) is 3.68. The first kappa shape index (κ1) is 17.4. The molecule has 0 bridgehead atoms. The van der Waals surface area contributed by atoms with Crippen LogP contribution in [-0.2, 0) is 11.2 Å². The summed E-state index contributed by atoms with van der Waals surface area (Å²) < 4.78 is 0. The third-order valence-electron chi connectivity index (χ3n) is 3.58. The topological polar surface area (TPSA) is 54.0 Å². The Morgan fingerprint density at radius 1 is 1.50 bits per heavy atom. The predicted molar refractivity (Wildman–Crippen MR) is 95.2 cm³/mol. The lowest BCUT2D eigenvalue weighted by Gasteiger charge is -2.10. The molecule has 0 saturated carbocycles. The van der Waals surface area contributed by atoms with Crippen molar-refractivity contribution in [2.45, 2.75) is 32.2 Å². The molecule has 120 valence electrons. The summed E-state index contributed by atoms with van der Waals surface area (Å²) in [6, 6.07) is 4.27. The zero-order valence-electron chi connectivity index (χ0n) is 12.4. The summed E-state index contributed by atoms with van der Waals surface area (Å²) in [5.41, 5.74) is 1.06. The van der Waals surface area contributed by atoms with E-state index in [1.54, 1.807) is 22.7 Å². The minimum Gasteiger partial charge on any atom is -0.354 e. The van der Waals surface area contributed by atoms with E-state index in [1.807, 2.05) is 6.92 Å². The maximum atomic E-state index is 11.9. The first-order valence-electron chi connectivity index (χ1n) is 7.25. The van der Waals surface area contributed by atoms with Gasteiger partial charge in [0.15, 0.2) is 0 Å². The number of thiophene rings is 1. The lowest BCUT2D eigenvalue weighted by atomic mass is 10.2. The highest BCUT2D eigenvalue weighted by Crippen LogP contribution is 2.29. The summed E-state index contributed by atoms with van der Waals surface area (Å²) in [6.07, 6.45) is 2.93. The lowest BCUT2D eigenvalue weighted by Crippen LogP contribution is -2.41. The summed E-state index contributed by atoms with van der Waals surface area (Å²) in [4.78, 5) is 18.9. The van der Waals surface area contributed by atoms with E-state index < -0.39 is 0 Å². The van der Waals surface area contributed by atoms with E-state index in [0.717, 1.165) is 36.5 Å². The average molecular weight is 358 g/mol. The van der Waals surface area contributed by atoms with Gasteiger partial charge in [-0.05, 0) is 44.9 Å². The molecule has 1 fully saturated rings. The van der Waals surface area contributed by atoms with Crippen molar-refractivity contribution in [1.82, 2.24) is 15.6 Å². The highest BCUT2D eigenvalue weighted by atomic mass is 35.5. The van der Waals surface area contributed by atoms with Gasteiger partial charge in [-0.25, -0.2) is 4.98 Å². The summed E-state index contributed by atoms with van der Waals surface area (Å²) in [5, 5.41) is 9.42. The van der Waals surface area contributed by atoms with E-state index in [4.69, 9.17) is 0 Å². The van der Waals surface area contributed by atoms with Crippen LogP contribution in [-0.4, -0.2) is 30.0 Å². The highest BCUT2D eigenvalue weighted by molar-refractivity contribution is 7.16. The highest BCUT2D eigenvalue weighted by Gasteiger charge is 2.21. The molecule has 2 aromatic heterocycles. The molecule has 7 heteroatoms. The molecule has 1 unspecified atom stereocenters. The Morgan fingerprint density at radius 3 is 3.05 bits per heavy atom. The molecule has 1 amide bonds. The third-order valence-corrected chi connectivity index (χ3v) is 5.52. The van der Waals surface area contributed by atoms with Gasteiger partial charge in [-0.2, -0.15) is 0 Å². The Morgan fingerprint density at radius 2 is 2.36 bits per heavy atom. The fourth-order valence-corrected chi connectivity index (χ4v) is 4.12. The molecule has 22 heavy (non-hydrogen) atoms. The summed E-state index contributed by atoms with van der Waals surface area (Å²) in [7, 11) is 0. The molecule has 1 aliphatic rings. The van der Waals surface area contributed by atoms with E-state index in [9.17, 15) is 4.79 Å². The minimum atomic E-state index is 0. The molecule has 3 rings (SSSR count). The Hall–Kier alpha value is -0.950. The Bertz CT molecular complexity index is 620. The van der Waals surface area contributed by atoms with Gasteiger partial charge in [-0.3, -0.25) is 4.79 Å². The smallest absolute Gasteiger partial charge is 0.237 e. The molecule has 1 saturated heterocycles. The molecule has 4 nitrogen and oxygen atoms in total. The van der Waals surface area contributed by atoms with Gasteiger partial charge in [0.05, 0.1) is 21.6 Å². The predicted octanol–water partition coefficient (Wildman–Crippen LogP) is 3.01. The standard InChI is InChI=1S/C15H19N3OS2.ClH/c1-10-18-13(9-20-10)14-5-4-11(21-14)6-8-17-15(19)12-3-2-7-16-12;/h4-5,9,12,16H,2-3,6-8H2,1H3,(H,17,19);1H. The molecule has 0 spiro atoms. The number of hydrogen-bond donors (Lipinski definition) is 2. The van der Waals surface area contributed by atoms with Gasteiger partial charge in [0.2, 0.25) is 5.91 Å². The molecule has 2 N–H and O–H groups in total. The van der Waals surface area contributed by atoms with Crippen molar-refractivity contribution >= 4 is 41.0 Å². The zero-order valence-corrected chi connectivity index (χ0v) is 14.9.